The number of hydrogen-bond donors (Lipinski definition) is 1. The van der Waals surface area contributed by atoms with Gasteiger partial charge in [0.25, 0.3) is 5.91 Å². The van der Waals surface area contributed by atoms with Crippen molar-refractivity contribution in [1.29, 1.82) is 0 Å². The Morgan fingerprint density at radius 3 is 2.12 bits per heavy atom. The summed E-state index contributed by atoms with van der Waals surface area (Å²) in [7, 11) is 1.72. The number of aryl methyl sites for hydroxylation is 1. The van der Waals surface area contributed by atoms with Crippen LogP contribution >= 0.6 is 0 Å². The van der Waals surface area contributed by atoms with Crippen LogP contribution < -0.4 is 10.2 Å². The van der Waals surface area contributed by atoms with E-state index in [9.17, 15) is 14.4 Å². The maximum atomic E-state index is 12.6. The lowest BCUT2D eigenvalue weighted by Crippen LogP contribution is -2.26. The largest absolute Gasteiger partial charge is 0.466 e. The van der Waals surface area contributed by atoms with Crippen LogP contribution in [0.1, 0.15) is 41.6 Å². The van der Waals surface area contributed by atoms with Crippen LogP contribution in [-0.2, 0) is 20.7 Å². The van der Waals surface area contributed by atoms with Gasteiger partial charge in [-0.15, -0.1) is 0 Å². The summed E-state index contributed by atoms with van der Waals surface area (Å²) in [6.45, 7) is 0.379. The molecule has 0 aliphatic heterocycles. The molecule has 2 amide bonds. The van der Waals surface area contributed by atoms with Crippen molar-refractivity contribution < 1.29 is 19.1 Å². The Morgan fingerprint density at radius 1 is 0.794 bits per heavy atom. The third-order valence-corrected chi connectivity index (χ3v) is 5.36. The Labute approximate surface area is 200 Å². The minimum Gasteiger partial charge on any atom is -0.466 e. The highest BCUT2D eigenvalue weighted by atomic mass is 16.5. The first-order valence-electron chi connectivity index (χ1n) is 11.5. The SMILES string of the molecule is CN(C(=O)c1ccc(NC(=O)CCCC(=O)OCCCc2ccccc2)cc1)c1ccccc1. The zero-order valence-corrected chi connectivity index (χ0v) is 19.4. The maximum absolute atomic E-state index is 12.6. The first-order valence-corrected chi connectivity index (χ1v) is 11.5. The van der Waals surface area contributed by atoms with Crippen molar-refractivity contribution in [3.8, 4) is 0 Å². The molecule has 0 spiro atoms. The van der Waals surface area contributed by atoms with Gasteiger partial charge in [0, 0.05) is 36.8 Å². The Bertz CT molecular complexity index is 1070. The molecule has 0 saturated carbocycles. The van der Waals surface area contributed by atoms with Crippen molar-refractivity contribution in [2.45, 2.75) is 32.1 Å². The predicted octanol–water partition coefficient (Wildman–Crippen LogP) is 5.25. The number of para-hydroxylation sites is 1. The number of nitrogens with one attached hydrogen (secondary N) is 1. The molecular formula is C28H30N2O4. The molecule has 0 unspecified atom stereocenters. The molecule has 1 N–H and O–H groups in total. The number of ether oxygens (including phenoxy) is 1. The van der Waals surface area contributed by atoms with E-state index in [1.165, 1.54) is 5.56 Å². The molecule has 0 radical (unpaired) electrons. The lowest BCUT2D eigenvalue weighted by atomic mass is 10.1. The van der Waals surface area contributed by atoms with Gasteiger partial charge in [0.15, 0.2) is 0 Å². The van der Waals surface area contributed by atoms with Crippen LogP contribution in [0.25, 0.3) is 0 Å². The Balaban J connectivity index is 1.33. The lowest BCUT2D eigenvalue weighted by molar-refractivity contribution is -0.143. The summed E-state index contributed by atoms with van der Waals surface area (Å²) >= 11 is 0. The molecule has 0 aliphatic rings. The number of carbonyl (C=O) groups is 3. The molecule has 0 aliphatic carbocycles. The molecule has 0 fully saturated rings. The maximum Gasteiger partial charge on any atom is 0.305 e. The van der Waals surface area contributed by atoms with E-state index in [0.29, 0.717) is 24.3 Å². The fourth-order valence-corrected chi connectivity index (χ4v) is 3.45. The summed E-state index contributed by atoms with van der Waals surface area (Å²) in [4.78, 5) is 38.3. The summed E-state index contributed by atoms with van der Waals surface area (Å²) in [5, 5.41) is 2.80. The van der Waals surface area contributed by atoms with Gasteiger partial charge in [-0.25, -0.2) is 0 Å². The highest BCUT2D eigenvalue weighted by Crippen LogP contribution is 2.17. The first kappa shape index (κ1) is 24.7. The van der Waals surface area contributed by atoms with E-state index in [2.05, 4.69) is 17.4 Å². The fraction of sp³-hybridized carbons (Fsp3) is 0.250. The third kappa shape index (κ3) is 7.89. The van der Waals surface area contributed by atoms with Crippen LogP contribution in [0.4, 0.5) is 11.4 Å². The third-order valence-electron chi connectivity index (χ3n) is 5.36. The molecule has 0 bridgehead atoms. The molecule has 176 valence electrons. The summed E-state index contributed by atoms with van der Waals surface area (Å²) < 4.78 is 5.24. The summed E-state index contributed by atoms with van der Waals surface area (Å²) in [5.41, 5.74) is 3.15. The van der Waals surface area contributed by atoms with Crippen molar-refractivity contribution in [2.75, 3.05) is 23.9 Å². The minimum absolute atomic E-state index is 0.133. The molecule has 0 aromatic heterocycles. The number of rotatable bonds is 11. The number of carbonyl (C=O) groups excluding carboxylic acids is 3. The van der Waals surface area contributed by atoms with Crippen molar-refractivity contribution >= 4 is 29.2 Å². The van der Waals surface area contributed by atoms with Gasteiger partial charge in [-0.05, 0) is 61.2 Å². The highest BCUT2D eigenvalue weighted by Gasteiger charge is 2.13. The Hall–Kier alpha value is -3.93. The average molecular weight is 459 g/mol. The fourth-order valence-electron chi connectivity index (χ4n) is 3.45. The van der Waals surface area contributed by atoms with Crippen LogP contribution in [0.3, 0.4) is 0 Å². The van der Waals surface area contributed by atoms with Gasteiger partial charge in [0.05, 0.1) is 6.61 Å². The van der Waals surface area contributed by atoms with Crippen molar-refractivity contribution in [3.05, 3.63) is 96.1 Å². The van der Waals surface area contributed by atoms with Gasteiger partial charge in [0.2, 0.25) is 5.91 Å². The topological polar surface area (TPSA) is 75.7 Å². The quantitative estimate of drug-likeness (QED) is 0.315. The minimum atomic E-state index is -0.286. The number of anilines is 2. The van der Waals surface area contributed by atoms with Gasteiger partial charge >= 0.3 is 5.97 Å². The normalized spacial score (nSPS) is 10.4. The first-order chi connectivity index (χ1) is 16.5. The summed E-state index contributed by atoms with van der Waals surface area (Å²) in [6, 6.07) is 26.2. The Morgan fingerprint density at radius 2 is 1.44 bits per heavy atom. The van der Waals surface area contributed by atoms with Crippen LogP contribution in [0, 0.1) is 0 Å². The van der Waals surface area contributed by atoms with E-state index in [1.807, 2.05) is 48.5 Å². The van der Waals surface area contributed by atoms with E-state index in [4.69, 9.17) is 4.74 Å². The van der Waals surface area contributed by atoms with Gasteiger partial charge < -0.3 is 15.0 Å². The molecule has 0 atom stereocenters. The molecule has 6 heteroatoms. The van der Waals surface area contributed by atoms with Crippen molar-refractivity contribution in [2.24, 2.45) is 0 Å². The number of hydrogen-bond acceptors (Lipinski definition) is 4. The standard InChI is InChI=1S/C28H30N2O4/c1-30(25-13-6-3-7-14-25)28(33)23-17-19-24(20-18-23)29-26(31)15-8-16-27(32)34-21-9-12-22-10-4-2-5-11-22/h2-7,10-11,13-14,17-20H,8-9,12,15-16,21H2,1H3,(H,29,31). The van der Waals surface area contributed by atoms with E-state index in [1.54, 1.807) is 36.2 Å². The zero-order chi connectivity index (χ0) is 24.2. The van der Waals surface area contributed by atoms with Gasteiger partial charge in [-0.3, -0.25) is 14.4 Å². The lowest BCUT2D eigenvalue weighted by Gasteiger charge is -2.17. The van der Waals surface area contributed by atoms with E-state index in [0.717, 1.165) is 18.5 Å². The molecular weight excluding hydrogens is 428 g/mol. The van der Waals surface area contributed by atoms with Crippen molar-refractivity contribution in [1.82, 2.24) is 0 Å². The smallest absolute Gasteiger partial charge is 0.305 e. The van der Waals surface area contributed by atoms with Crippen LogP contribution in [0.15, 0.2) is 84.9 Å². The second kappa shape index (κ2) is 12.9. The number of nitrogens with zero attached hydrogens (tertiary/aromatic N) is 1. The number of benzene rings is 3. The van der Waals surface area contributed by atoms with Crippen LogP contribution in [0.2, 0.25) is 0 Å². The molecule has 34 heavy (non-hydrogen) atoms. The average Bonchev–Trinajstić information content (AvgIpc) is 2.87. The molecule has 3 aromatic carbocycles. The molecule has 6 nitrogen and oxygen atoms in total. The van der Waals surface area contributed by atoms with E-state index < -0.39 is 0 Å². The monoisotopic (exact) mass is 458 g/mol. The van der Waals surface area contributed by atoms with Gasteiger partial charge in [-0.2, -0.15) is 0 Å². The summed E-state index contributed by atoms with van der Waals surface area (Å²) in [5.74, 6) is -0.602. The molecule has 0 heterocycles. The second-order valence-corrected chi connectivity index (χ2v) is 7.99. The second-order valence-electron chi connectivity index (χ2n) is 7.99. The van der Waals surface area contributed by atoms with Crippen molar-refractivity contribution in [3.63, 3.8) is 0 Å². The predicted molar refractivity (Wildman–Crippen MR) is 134 cm³/mol. The Kier molecular flexibility index (Phi) is 9.40. The van der Waals surface area contributed by atoms with E-state index in [-0.39, 0.29) is 30.6 Å². The zero-order valence-electron chi connectivity index (χ0n) is 19.4. The van der Waals surface area contributed by atoms with Crippen LogP contribution in [-0.4, -0.2) is 31.4 Å². The number of amides is 2. The van der Waals surface area contributed by atoms with E-state index >= 15 is 0 Å². The number of esters is 1. The molecule has 3 aromatic rings. The highest BCUT2D eigenvalue weighted by molar-refractivity contribution is 6.06. The van der Waals surface area contributed by atoms with Crippen LogP contribution in [0.5, 0.6) is 0 Å². The van der Waals surface area contributed by atoms with Gasteiger partial charge in [0.1, 0.15) is 0 Å². The molecule has 0 saturated heterocycles. The van der Waals surface area contributed by atoms with Gasteiger partial charge in [-0.1, -0.05) is 48.5 Å². The molecule has 3 rings (SSSR count). The summed E-state index contributed by atoms with van der Waals surface area (Å²) in [6.07, 6.45) is 2.48.